The first-order valence-electron chi connectivity index (χ1n) is 11.3. The van der Waals surface area contributed by atoms with Crippen molar-refractivity contribution in [2.45, 2.75) is 19.3 Å². The van der Waals surface area contributed by atoms with E-state index in [1.807, 2.05) is 12.1 Å². The number of piperidine rings is 1. The molecule has 160 valence electrons. The Kier molecular flexibility index (Phi) is 4.41. The Hall–Kier alpha value is -4.17. The van der Waals surface area contributed by atoms with Crippen molar-refractivity contribution in [1.29, 1.82) is 5.26 Å². The van der Waals surface area contributed by atoms with Crippen molar-refractivity contribution in [3.63, 3.8) is 0 Å². The van der Waals surface area contributed by atoms with Crippen LogP contribution < -0.4 is 4.90 Å². The summed E-state index contributed by atoms with van der Waals surface area (Å²) >= 11 is 0. The minimum absolute atomic E-state index is 0.0747. The molecule has 5 nitrogen and oxygen atoms in total. The number of non-ortho nitro benzene ring substituents is 1. The summed E-state index contributed by atoms with van der Waals surface area (Å²) in [5.41, 5.74) is 7.95. The largest absolute Gasteiger partial charge is 0.370 e. The van der Waals surface area contributed by atoms with Crippen LogP contribution in [0.4, 0.5) is 11.4 Å². The van der Waals surface area contributed by atoms with Crippen LogP contribution in [0.5, 0.6) is 0 Å². The van der Waals surface area contributed by atoms with Crippen LogP contribution in [-0.2, 0) is 0 Å². The van der Waals surface area contributed by atoms with E-state index in [0.29, 0.717) is 0 Å². The summed E-state index contributed by atoms with van der Waals surface area (Å²) in [6.07, 6.45) is 3.44. The van der Waals surface area contributed by atoms with E-state index in [2.05, 4.69) is 53.4 Å². The number of benzene rings is 4. The highest BCUT2D eigenvalue weighted by atomic mass is 16.6. The van der Waals surface area contributed by atoms with Crippen molar-refractivity contribution < 1.29 is 4.92 Å². The quantitative estimate of drug-likeness (QED) is 0.229. The normalized spacial score (nSPS) is 14.2. The fourth-order valence-electron chi connectivity index (χ4n) is 5.46. The molecule has 1 aliphatic heterocycles. The van der Waals surface area contributed by atoms with E-state index in [-0.39, 0.29) is 10.6 Å². The molecule has 1 fully saturated rings. The summed E-state index contributed by atoms with van der Waals surface area (Å²) in [4.78, 5) is 13.2. The molecule has 4 aromatic rings. The maximum Gasteiger partial charge on any atom is 0.269 e. The highest BCUT2D eigenvalue weighted by molar-refractivity contribution is 6.20. The van der Waals surface area contributed by atoms with Crippen molar-refractivity contribution in [2.24, 2.45) is 0 Å². The van der Waals surface area contributed by atoms with Crippen molar-refractivity contribution in [2.75, 3.05) is 18.0 Å². The Morgan fingerprint density at radius 1 is 0.848 bits per heavy atom. The Morgan fingerprint density at radius 3 is 2.15 bits per heavy atom. The second-order valence-electron chi connectivity index (χ2n) is 8.74. The van der Waals surface area contributed by atoms with E-state index < -0.39 is 0 Å². The lowest BCUT2D eigenvalue weighted by Crippen LogP contribution is -2.30. The molecular formula is C28H21N3O2. The van der Waals surface area contributed by atoms with Gasteiger partial charge in [-0.2, -0.15) is 5.26 Å². The van der Waals surface area contributed by atoms with Crippen LogP contribution in [0.15, 0.2) is 66.7 Å². The molecule has 0 atom stereocenters. The van der Waals surface area contributed by atoms with Gasteiger partial charge < -0.3 is 4.90 Å². The van der Waals surface area contributed by atoms with Crippen LogP contribution in [0.3, 0.4) is 0 Å². The first-order chi connectivity index (χ1) is 16.2. The van der Waals surface area contributed by atoms with Crippen molar-refractivity contribution in [3.05, 3.63) is 82.4 Å². The highest BCUT2D eigenvalue weighted by Crippen LogP contribution is 2.54. The molecule has 0 N–H and O–H groups in total. The minimum Gasteiger partial charge on any atom is -0.370 e. The fourth-order valence-corrected chi connectivity index (χ4v) is 5.46. The van der Waals surface area contributed by atoms with E-state index in [4.69, 9.17) is 0 Å². The van der Waals surface area contributed by atoms with E-state index in [9.17, 15) is 15.4 Å². The van der Waals surface area contributed by atoms with Gasteiger partial charge in [0.25, 0.3) is 5.69 Å². The lowest BCUT2D eigenvalue weighted by molar-refractivity contribution is -0.384. The number of rotatable bonds is 3. The summed E-state index contributed by atoms with van der Waals surface area (Å²) in [5.74, 6) is 0. The van der Waals surface area contributed by atoms with Crippen LogP contribution in [0.2, 0.25) is 0 Å². The number of nitriles is 1. The van der Waals surface area contributed by atoms with Gasteiger partial charge in [-0.05, 0) is 76.1 Å². The van der Waals surface area contributed by atoms with Gasteiger partial charge in [0.15, 0.2) is 0 Å². The molecule has 1 saturated heterocycles. The summed E-state index contributed by atoms with van der Waals surface area (Å²) in [7, 11) is 0. The molecule has 4 aromatic carbocycles. The monoisotopic (exact) mass is 431 g/mol. The first-order valence-corrected chi connectivity index (χ1v) is 11.3. The summed E-state index contributed by atoms with van der Waals surface area (Å²) in [6, 6.07) is 24.0. The van der Waals surface area contributed by atoms with Gasteiger partial charge in [0.05, 0.1) is 16.2 Å². The molecule has 5 heteroatoms. The van der Waals surface area contributed by atoms with Crippen molar-refractivity contribution in [1.82, 2.24) is 0 Å². The predicted octanol–water partition coefficient (Wildman–Crippen LogP) is 6.92. The van der Waals surface area contributed by atoms with Gasteiger partial charge in [-0.1, -0.05) is 36.4 Å². The smallest absolute Gasteiger partial charge is 0.269 e. The van der Waals surface area contributed by atoms with Crippen LogP contribution in [0.25, 0.3) is 44.2 Å². The van der Waals surface area contributed by atoms with E-state index in [0.717, 1.165) is 75.9 Å². The molecular weight excluding hydrogens is 410 g/mol. The maximum atomic E-state index is 11.2. The average Bonchev–Trinajstić information content (AvgIpc) is 3.20. The summed E-state index contributed by atoms with van der Waals surface area (Å²) in [6.45, 7) is 1.87. The lowest BCUT2D eigenvalue weighted by atomic mass is 9.88. The Balaban J connectivity index is 1.69. The molecule has 0 radical (unpaired) electrons. The molecule has 0 aromatic heterocycles. The number of hydrogen-bond donors (Lipinski definition) is 0. The van der Waals surface area contributed by atoms with Crippen molar-refractivity contribution >= 4 is 22.1 Å². The molecule has 1 aliphatic carbocycles. The molecule has 6 rings (SSSR count). The molecule has 0 amide bonds. The van der Waals surface area contributed by atoms with Gasteiger partial charge in [0.2, 0.25) is 0 Å². The number of nitrogens with zero attached hydrogens (tertiary/aromatic N) is 3. The zero-order chi connectivity index (χ0) is 22.5. The first kappa shape index (κ1) is 19.5. The van der Waals surface area contributed by atoms with E-state index in [1.165, 1.54) is 11.8 Å². The Bertz CT molecular complexity index is 1470. The Labute approximate surface area is 191 Å². The second-order valence-corrected chi connectivity index (χ2v) is 8.74. The van der Waals surface area contributed by atoms with E-state index >= 15 is 0 Å². The molecule has 33 heavy (non-hydrogen) atoms. The zero-order valence-electron chi connectivity index (χ0n) is 18.0. The average molecular weight is 431 g/mol. The van der Waals surface area contributed by atoms with Gasteiger partial charge >= 0.3 is 0 Å². The molecule has 0 bridgehead atoms. The molecule has 0 saturated carbocycles. The molecule has 1 heterocycles. The topological polar surface area (TPSA) is 70.2 Å². The van der Waals surface area contributed by atoms with Crippen LogP contribution in [-0.4, -0.2) is 18.0 Å². The molecule has 2 aliphatic rings. The standard InChI is InChI=1S/C28H21N3O2/c29-17-24-25(30-14-2-1-3-15-30)16-23(18-10-12-20(13-11-18)31(32)33)27-21-8-4-6-19-7-5-9-22(26(19)21)28(24)27/h4-13,16H,1-3,14-15H2. The SMILES string of the molecule is N#Cc1c(N2CCCCC2)cc(-c2ccc([N+](=O)[O-])cc2)c2c1-c1cccc3cccc-2c13. The van der Waals surface area contributed by atoms with E-state index in [1.54, 1.807) is 12.1 Å². The number of hydrogen-bond acceptors (Lipinski definition) is 4. The van der Waals surface area contributed by atoms with Crippen LogP contribution in [0, 0.1) is 21.4 Å². The van der Waals surface area contributed by atoms with Gasteiger partial charge in [-0.25, -0.2) is 0 Å². The number of fused-ring (bicyclic) bond motifs is 3. The number of nitro benzene ring substituents is 1. The lowest BCUT2D eigenvalue weighted by Gasteiger charge is -2.31. The maximum absolute atomic E-state index is 11.2. The van der Waals surface area contributed by atoms with Gasteiger partial charge in [-0.3, -0.25) is 10.1 Å². The Morgan fingerprint density at radius 2 is 1.52 bits per heavy atom. The predicted molar refractivity (Wildman–Crippen MR) is 131 cm³/mol. The molecule has 0 unspecified atom stereocenters. The summed E-state index contributed by atoms with van der Waals surface area (Å²) in [5, 5.41) is 23.9. The van der Waals surface area contributed by atoms with Crippen molar-refractivity contribution in [3.8, 4) is 39.4 Å². The minimum atomic E-state index is -0.372. The second kappa shape index (κ2) is 7.46. The third-order valence-electron chi connectivity index (χ3n) is 6.95. The molecule has 0 spiro atoms. The number of anilines is 1. The zero-order valence-corrected chi connectivity index (χ0v) is 18.0. The van der Waals surface area contributed by atoms with Gasteiger partial charge in [-0.15, -0.1) is 0 Å². The van der Waals surface area contributed by atoms with Crippen LogP contribution >= 0.6 is 0 Å². The van der Waals surface area contributed by atoms with Crippen LogP contribution in [0.1, 0.15) is 24.8 Å². The third kappa shape index (κ3) is 2.91. The number of nitro groups is 1. The third-order valence-corrected chi connectivity index (χ3v) is 6.95. The summed E-state index contributed by atoms with van der Waals surface area (Å²) < 4.78 is 0. The van der Waals surface area contributed by atoms with Gasteiger partial charge in [0.1, 0.15) is 6.07 Å². The highest BCUT2D eigenvalue weighted by Gasteiger charge is 2.30. The fraction of sp³-hybridized carbons (Fsp3) is 0.179. The van der Waals surface area contributed by atoms with Gasteiger partial charge in [0, 0.05) is 30.8 Å².